The number of carbonyl (C=O) groups is 2. The third-order valence-electron chi connectivity index (χ3n) is 3.29. The average molecular weight is 362 g/mol. The number of sulfonamides is 1. The highest BCUT2D eigenvalue weighted by Crippen LogP contribution is 2.11. The fourth-order valence-corrected chi connectivity index (χ4v) is 3.07. The van der Waals surface area contributed by atoms with Gasteiger partial charge in [0.05, 0.1) is 17.6 Å². The van der Waals surface area contributed by atoms with Crippen molar-refractivity contribution in [2.24, 2.45) is 0 Å². The Labute approximate surface area is 146 Å². The van der Waals surface area contributed by atoms with Crippen LogP contribution in [0.15, 0.2) is 59.5 Å². The number of anilines is 1. The lowest BCUT2D eigenvalue weighted by Gasteiger charge is -2.08. The monoisotopic (exact) mass is 362 g/mol. The molecule has 0 aliphatic heterocycles. The molecule has 2 rings (SSSR count). The van der Waals surface area contributed by atoms with Crippen LogP contribution >= 0.6 is 0 Å². The zero-order valence-corrected chi connectivity index (χ0v) is 14.4. The van der Waals surface area contributed by atoms with Crippen molar-refractivity contribution in [3.05, 3.63) is 60.2 Å². The van der Waals surface area contributed by atoms with Crippen LogP contribution < -0.4 is 10.0 Å². The van der Waals surface area contributed by atoms with Crippen molar-refractivity contribution in [3.8, 4) is 0 Å². The molecule has 0 aliphatic carbocycles. The normalized spacial score (nSPS) is 10.9. The van der Waals surface area contributed by atoms with Crippen molar-refractivity contribution in [3.63, 3.8) is 0 Å². The summed E-state index contributed by atoms with van der Waals surface area (Å²) < 4.78 is 31.0. The van der Waals surface area contributed by atoms with Crippen LogP contribution in [0.2, 0.25) is 0 Å². The largest absolute Gasteiger partial charge is 0.465 e. The highest BCUT2D eigenvalue weighted by atomic mass is 32.2. The van der Waals surface area contributed by atoms with E-state index in [9.17, 15) is 18.0 Å². The predicted molar refractivity (Wildman–Crippen MR) is 92.7 cm³/mol. The minimum absolute atomic E-state index is 0.0230. The SMILES string of the molecule is COC(=O)c1ccc(NC(=O)CCNS(=O)(=O)c2ccccc2)cc1. The standard InChI is InChI=1S/C17H18N2O5S/c1-24-17(21)13-7-9-14(10-8-13)19-16(20)11-12-18-25(22,23)15-5-3-2-4-6-15/h2-10,18H,11-12H2,1H3,(H,19,20). The molecule has 25 heavy (non-hydrogen) atoms. The summed E-state index contributed by atoms with van der Waals surface area (Å²) >= 11 is 0. The van der Waals surface area contributed by atoms with Crippen LogP contribution in [0.1, 0.15) is 16.8 Å². The lowest BCUT2D eigenvalue weighted by atomic mass is 10.2. The van der Waals surface area contributed by atoms with Crippen LogP contribution in [0.5, 0.6) is 0 Å². The Morgan fingerprint density at radius 3 is 2.24 bits per heavy atom. The second-order valence-corrected chi connectivity index (χ2v) is 6.84. The molecule has 0 radical (unpaired) electrons. The molecule has 2 N–H and O–H groups in total. The van der Waals surface area contributed by atoms with Gasteiger partial charge in [0.2, 0.25) is 15.9 Å². The maximum Gasteiger partial charge on any atom is 0.337 e. The van der Waals surface area contributed by atoms with Crippen molar-refractivity contribution in [1.82, 2.24) is 4.72 Å². The van der Waals surface area contributed by atoms with Gasteiger partial charge in [-0.2, -0.15) is 0 Å². The van der Waals surface area contributed by atoms with Crippen LogP contribution in [0.4, 0.5) is 5.69 Å². The number of carbonyl (C=O) groups excluding carboxylic acids is 2. The first-order valence-electron chi connectivity index (χ1n) is 7.45. The number of esters is 1. The Morgan fingerprint density at radius 1 is 1.00 bits per heavy atom. The first-order chi connectivity index (χ1) is 11.9. The summed E-state index contributed by atoms with van der Waals surface area (Å²) in [5, 5.41) is 2.63. The van der Waals surface area contributed by atoms with E-state index in [1.165, 1.54) is 31.4 Å². The van der Waals surface area contributed by atoms with Gasteiger partial charge in [0, 0.05) is 18.7 Å². The summed E-state index contributed by atoms with van der Waals surface area (Å²) in [7, 11) is -2.34. The van der Waals surface area contributed by atoms with Crippen molar-refractivity contribution >= 4 is 27.6 Å². The summed E-state index contributed by atoms with van der Waals surface area (Å²) in [5.74, 6) is -0.810. The third-order valence-corrected chi connectivity index (χ3v) is 4.76. The van der Waals surface area contributed by atoms with Gasteiger partial charge < -0.3 is 10.1 Å². The average Bonchev–Trinajstić information content (AvgIpc) is 2.62. The van der Waals surface area contributed by atoms with Crippen molar-refractivity contribution in [2.75, 3.05) is 19.0 Å². The van der Waals surface area contributed by atoms with Crippen molar-refractivity contribution in [2.45, 2.75) is 11.3 Å². The number of nitrogens with one attached hydrogen (secondary N) is 2. The van der Waals surface area contributed by atoms with E-state index in [1.807, 2.05) is 0 Å². The molecule has 0 spiro atoms. The molecular weight excluding hydrogens is 344 g/mol. The Hall–Kier alpha value is -2.71. The maximum atomic E-state index is 12.0. The van der Waals surface area contributed by atoms with Gasteiger partial charge >= 0.3 is 5.97 Å². The summed E-state index contributed by atoms with van der Waals surface area (Å²) in [6.07, 6.45) is -0.0230. The predicted octanol–water partition coefficient (Wildman–Crippen LogP) is 1.78. The second kappa shape index (κ2) is 8.41. The van der Waals surface area contributed by atoms with Crippen LogP contribution in [0, 0.1) is 0 Å². The summed E-state index contributed by atoms with van der Waals surface area (Å²) in [6, 6.07) is 14.1. The third kappa shape index (κ3) is 5.40. The maximum absolute atomic E-state index is 12.0. The molecule has 1 amide bonds. The quantitative estimate of drug-likeness (QED) is 0.731. The van der Waals surface area contributed by atoms with E-state index in [0.717, 1.165) is 0 Å². The molecule has 0 aromatic heterocycles. The molecule has 0 heterocycles. The van der Waals surface area contributed by atoms with Gasteiger partial charge in [-0.15, -0.1) is 0 Å². The first-order valence-corrected chi connectivity index (χ1v) is 8.93. The van der Waals surface area contributed by atoms with E-state index in [2.05, 4.69) is 14.8 Å². The Bertz CT molecular complexity index is 833. The van der Waals surface area contributed by atoms with Gasteiger partial charge in [0.1, 0.15) is 0 Å². The fraction of sp³-hybridized carbons (Fsp3) is 0.176. The smallest absolute Gasteiger partial charge is 0.337 e. The Kier molecular flexibility index (Phi) is 6.26. The number of amides is 1. The summed E-state index contributed by atoms with van der Waals surface area (Å²) in [4.78, 5) is 23.3. The topological polar surface area (TPSA) is 102 Å². The lowest BCUT2D eigenvalue weighted by Crippen LogP contribution is -2.27. The minimum atomic E-state index is -3.63. The van der Waals surface area contributed by atoms with Crippen LogP contribution in [-0.4, -0.2) is 33.9 Å². The second-order valence-electron chi connectivity index (χ2n) is 5.08. The van der Waals surface area contributed by atoms with Gasteiger partial charge in [-0.3, -0.25) is 4.79 Å². The molecule has 0 unspecified atom stereocenters. The molecule has 132 valence electrons. The molecule has 0 bridgehead atoms. The zero-order chi connectivity index (χ0) is 18.3. The van der Waals surface area contributed by atoms with Crippen molar-refractivity contribution in [1.29, 1.82) is 0 Å². The van der Waals surface area contributed by atoms with E-state index in [4.69, 9.17) is 0 Å². The molecule has 7 nitrogen and oxygen atoms in total. The van der Waals surface area contributed by atoms with Crippen LogP contribution in [0.3, 0.4) is 0 Å². The zero-order valence-electron chi connectivity index (χ0n) is 13.6. The van der Waals surface area contributed by atoms with Gasteiger partial charge in [-0.1, -0.05) is 18.2 Å². The number of rotatable bonds is 7. The molecule has 0 saturated heterocycles. The summed E-state index contributed by atoms with van der Waals surface area (Å²) in [5.41, 5.74) is 0.875. The first kappa shape index (κ1) is 18.6. The Balaban J connectivity index is 1.84. The minimum Gasteiger partial charge on any atom is -0.465 e. The van der Waals surface area contributed by atoms with Crippen LogP contribution in [-0.2, 0) is 19.6 Å². The number of hydrogen-bond acceptors (Lipinski definition) is 5. The highest BCUT2D eigenvalue weighted by molar-refractivity contribution is 7.89. The molecular formula is C17H18N2O5S. The molecule has 0 saturated carbocycles. The van der Waals surface area contributed by atoms with Crippen molar-refractivity contribution < 1.29 is 22.7 Å². The molecule has 8 heteroatoms. The van der Waals surface area contributed by atoms with Crippen LogP contribution in [0.25, 0.3) is 0 Å². The number of methoxy groups -OCH3 is 1. The molecule has 0 aliphatic rings. The van der Waals surface area contributed by atoms with E-state index < -0.39 is 16.0 Å². The molecule has 0 atom stereocenters. The summed E-state index contributed by atoms with van der Waals surface area (Å²) in [6.45, 7) is -0.0245. The highest BCUT2D eigenvalue weighted by Gasteiger charge is 2.13. The van der Waals surface area contributed by atoms with E-state index in [0.29, 0.717) is 11.3 Å². The van der Waals surface area contributed by atoms with E-state index >= 15 is 0 Å². The number of benzene rings is 2. The number of hydrogen-bond donors (Lipinski definition) is 2. The van der Waals surface area contributed by atoms with E-state index in [-0.39, 0.29) is 23.8 Å². The molecule has 2 aromatic rings. The van der Waals surface area contributed by atoms with E-state index in [1.54, 1.807) is 30.3 Å². The lowest BCUT2D eigenvalue weighted by molar-refractivity contribution is -0.116. The fourth-order valence-electron chi connectivity index (χ4n) is 2.01. The van der Waals surface area contributed by atoms with Gasteiger partial charge in [0.15, 0.2) is 0 Å². The molecule has 2 aromatic carbocycles. The van der Waals surface area contributed by atoms with Gasteiger partial charge in [-0.25, -0.2) is 17.9 Å². The Morgan fingerprint density at radius 2 is 1.64 bits per heavy atom. The number of ether oxygens (including phenoxy) is 1. The molecule has 0 fully saturated rings. The van der Waals surface area contributed by atoms with Gasteiger partial charge in [-0.05, 0) is 36.4 Å². The van der Waals surface area contributed by atoms with Gasteiger partial charge in [0.25, 0.3) is 0 Å².